The SMILES string of the molecule is Cc1cc(NC[C@H]2C[C@H](c3nn(C)c(=O)n3C)C[C@H]2O)ncn1. The zero-order chi connectivity index (χ0) is 16.6. The van der Waals surface area contributed by atoms with E-state index in [1.54, 1.807) is 18.7 Å². The van der Waals surface area contributed by atoms with E-state index in [0.29, 0.717) is 13.0 Å². The Hall–Kier alpha value is -2.22. The molecule has 0 radical (unpaired) electrons. The molecule has 1 aliphatic rings. The van der Waals surface area contributed by atoms with Crippen molar-refractivity contribution in [3.8, 4) is 0 Å². The predicted molar refractivity (Wildman–Crippen MR) is 85.2 cm³/mol. The van der Waals surface area contributed by atoms with Crippen LogP contribution < -0.4 is 11.0 Å². The van der Waals surface area contributed by atoms with Crippen LogP contribution in [0.1, 0.15) is 30.3 Å². The molecule has 0 unspecified atom stereocenters. The fourth-order valence-corrected chi connectivity index (χ4v) is 3.25. The molecule has 1 fully saturated rings. The molecule has 2 heterocycles. The largest absolute Gasteiger partial charge is 0.393 e. The molecule has 0 aliphatic heterocycles. The molecule has 8 nitrogen and oxygen atoms in total. The maximum absolute atomic E-state index is 11.8. The summed E-state index contributed by atoms with van der Waals surface area (Å²) in [5.74, 6) is 1.71. The molecule has 1 aliphatic carbocycles. The molecule has 0 saturated heterocycles. The molecular weight excluding hydrogens is 296 g/mol. The third-order valence-corrected chi connectivity index (χ3v) is 4.53. The van der Waals surface area contributed by atoms with Gasteiger partial charge in [-0.05, 0) is 19.8 Å². The number of aryl methyl sites for hydroxylation is 2. The summed E-state index contributed by atoms with van der Waals surface area (Å²) in [6, 6.07) is 1.88. The van der Waals surface area contributed by atoms with Crippen molar-refractivity contribution in [2.45, 2.75) is 31.8 Å². The topological polar surface area (TPSA) is 97.9 Å². The van der Waals surface area contributed by atoms with E-state index in [9.17, 15) is 9.90 Å². The van der Waals surface area contributed by atoms with Gasteiger partial charge in [0.2, 0.25) is 0 Å². The van der Waals surface area contributed by atoms with Crippen LogP contribution in [0.5, 0.6) is 0 Å². The van der Waals surface area contributed by atoms with Gasteiger partial charge in [0, 0.05) is 44.2 Å². The van der Waals surface area contributed by atoms with Gasteiger partial charge in [0.05, 0.1) is 6.10 Å². The Labute approximate surface area is 134 Å². The number of nitrogens with one attached hydrogen (secondary N) is 1. The number of nitrogens with zero attached hydrogens (tertiary/aromatic N) is 5. The monoisotopic (exact) mass is 318 g/mol. The lowest BCUT2D eigenvalue weighted by atomic mass is 10.0. The van der Waals surface area contributed by atoms with Crippen LogP contribution in [0.3, 0.4) is 0 Å². The molecule has 0 spiro atoms. The van der Waals surface area contributed by atoms with Crippen molar-refractivity contribution in [1.82, 2.24) is 24.3 Å². The summed E-state index contributed by atoms with van der Waals surface area (Å²) in [6.45, 7) is 2.55. The van der Waals surface area contributed by atoms with Crippen LogP contribution in [-0.2, 0) is 14.1 Å². The Bertz CT molecular complexity index is 753. The van der Waals surface area contributed by atoms with E-state index in [1.165, 1.54) is 11.0 Å². The van der Waals surface area contributed by atoms with Crippen molar-refractivity contribution in [1.29, 1.82) is 0 Å². The molecule has 3 rings (SSSR count). The number of hydrogen-bond acceptors (Lipinski definition) is 6. The van der Waals surface area contributed by atoms with Gasteiger partial charge in [-0.15, -0.1) is 0 Å². The summed E-state index contributed by atoms with van der Waals surface area (Å²) in [5, 5.41) is 17.9. The molecule has 0 aromatic carbocycles. The summed E-state index contributed by atoms with van der Waals surface area (Å²) in [7, 11) is 3.37. The Kier molecular flexibility index (Phi) is 4.16. The zero-order valence-corrected chi connectivity index (χ0v) is 13.6. The number of aliphatic hydroxyl groups excluding tert-OH is 1. The predicted octanol–water partition coefficient (Wildman–Crippen LogP) is 0.184. The average Bonchev–Trinajstić information content (AvgIpc) is 3.00. The summed E-state index contributed by atoms with van der Waals surface area (Å²) in [6.07, 6.45) is 2.53. The molecule has 23 heavy (non-hydrogen) atoms. The second kappa shape index (κ2) is 6.11. The summed E-state index contributed by atoms with van der Waals surface area (Å²) >= 11 is 0. The van der Waals surface area contributed by atoms with Crippen molar-refractivity contribution in [3.63, 3.8) is 0 Å². The maximum atomic E-state index is 11.8. The number of aromatic nitrogens is 5. The lowest BCUT2D eigenvalue weighted by Gasteiger charge is -2.15. The second-order valence-electron chi connectivity index (χ2n) is 6.24. The number of aliphatic hydroxyl groups is 1. The van der Waals surface area contributed by atoms with Crippen molar-refractivity contribution >= 4 is 5.82 Å². The summed E-state index contributed by atoms with van der Waals surface area (Å²) in [4.78, 5) is 20.1. The molecule has 2 aromatic rings. The Balaban J connectivity index is 1.66. The summed E-state index contributed by atoms with van der Waals surface area (Å²) in [5.41, 5.74) is 0.767. The number of anilines is 1. The molecule has 2 N–H and O–H groups in total. The van der Waals surface area contributed by atoms with Crippen LogP contribution in [0.15, 0.2) is 17.2 Å². The second-order valence-corrected chi connectivity index (χ2v) is 6.24. The van der Waals surface area contributed by atoms with E-state index in [2.05, 4.69) is 20.4 Å². The molecule has 0 amide bonds. The van der Waals surface area contributed by atoms with Gasteiger partial charge < -0.3 is 10.4 Å². The highest BCUT2D eigenvalue weighted by Crippen LogP contribution is 2.37. The van der Waals surface area contributed by atoms with Gasteiger partial charge in [-0.25, -0.2) is 19.4 Å². The molecule has 2 aromatic heterocycles. The summed E-state index contributed by atoms with van der Waals surface area (Å²) < 4.78 is 2.91. The highest BCUT2D eigenvalue weighted by Gasteiger charge is 2.36. The molecule has 124 valence electrons. The van der Waals surface area contributed by atoms with E-state index in [1.807, 2.05) is 13.0 Å². The van der Waals surface area contributed by atoms with Crippen molar-refractivity contribution in [2.75, 3.05) is 11.9 Å². The van der Waals surface area contributed by atoms with Gasteiger partial charge in [0.25, 0.3) is 0 Å². The lowest BCUT2D eigenvalue weighted by Crippen LogP contribution is -2.22. The average molecular weight is 318 g/mol. The Morgan fingerprint density at radius 2 is 2.13 bits per heavy atom. The number of hydrogen-bond donors (Lipinski definition) is 2. The third kappa shape index (κ3) is 3.12. The van der Waals surface area contributed by atoms with Gasteiger partial charge >= 0.3 is 5.69 Å². The highest BCUT2D eigenvalue weighted by atomic mass is 16.3. The molecular formula is C15H22N6O2. The first kappa shape index (κ1) is 15.7. The van der Waals surface area contributed by atoms with E-state index in [-0.39, 0.29) is 17.5 Å². The van der Waals surface area contributed by atoms with Gasteiger partial charge in [-0.1, -0.05) is 0 Å². The van der Waals surface area contributed by atoms with Crippen molar-refractivity contribution in [3.05, 3.63) is 34.4 Å². The van der Waals surface area contributed by atoms with Crippen molar-refractivity contribution < 1.29 is 5.11 Å². The first-order valence-corrected chi connectivity index (χ1v) is 7.76. The minimum Gasteiger partial charge on any atom is -0.393 e. The first-order chi connectivity index (χ1) is 11.0. The zero-order valence-electron chi connectivity index (χ0n) is 13.6. The van der Waals surface area contributed by atoms with Crippen LogP contribution in [0.2, 0.25) is 0 Å². The fourth-order valence-electron chi connectivity index (χ4n) is 3.25. The highest BCUT2D eigenvalue weighted by molar-refractivity contribution is 5.34. The lowest BCUT2D eigenvalue weighted by molar-refractivity contribution is 0.137. The maximum Gasteiger partial charge on any atom is 0.345 e. The van der Waals surface area contributed by atoms with Crippen molar-refractivity contribution in [2.24, 2.45) is 20.0 Å². The fraction of sp³-hybridized carbons (Fsp3) is 0.600. The van der Waals surface area contributed by atoms with E-state index < -0.39 is 6.10 Å². The van der Waals surface area contributed by atoms with Gasteiger partial charge in [0.1, 0.15) is 18.0 Å². The van der Waals surface area contributed by atoms with Gasteiger partial charge in [-0.2, -0.15) is 5.10 Å². The van der Waals surface area contributed by atoms with Crippen LogP contribution >= 0.6 is 0 Å². The normalized spacial score (nSPS) is 24.1. The van der Waals surface area contributed by atoms with Crippen LogP contribution in [0.4, 0.5) is 5.82 Å². The number of rotatable bonds is 4. The molecule has 0 bridgehead atoms. The van der Waals surface area contributed by atoms with E-state index >= 15 is 0 Å². The first-order valence-electron chi connectivity index (χ1n) is 7.76. The van der Waals surface area contributed by atoms with Crippen LogP contribution in [0.25, 0.3) is 0 Å². The van der Waals surface area contributed by atoms with Crippen LogP contribution in [-0.4, -0.2) is 42.1 Å². The minimum atomic E-state index is -0.410. The minimum absolute atomic E-state index is 0.0998. The standard InChI is InChI=1S/C15H22N6O2/c1-9-4-13(18-8-17-9)16-7-11-5-10(6-12(11)22)14-19-21(3)15(23)20(14)2/h4,8,10-12,22H,5-7H2,1-3H3,(H,16,17,18)/t10-,11+,12+/m0/s1. The molecule has 8 heteroatoms. The molecule has 1 saturated carbocycles. The quantitative estimate of drug-likeness (QED) is 0.835. The van der Waals surface area contributed by atoms with Gasteiger partial charge in [-0.3, -0.25) is 4.57 Å². The molecule has 3 atom stereocenters. The van der Waals surface area contributed by atoms with E-state index in [0.717, 1.165) is 23.8 Å². The van der Waals surface area contributed by atoms with Crippen LogP contribution in [0, 0.1) is 12.8 Å². The van der Waals surface area contributed by atoms with Gasteiger partial charge in [0.15, 0.2) is 0 Å². The third-order valence-electron chi connectivity index (χ3n) is 4.53. The smallest absolute Gasteiger partial charge is 0.345 e. The Morgan fingerprint density at radius 3 is 2.78 bits per heavy atom. The van der Waals surface area contributed by atoms with E-state index in [4.69, 9.17) is 0 Å². The Morgan fingerprint density at radius 1 is 1.35 bits per heavy atom.